The number of nitrogen functional groups attached to an aromatic ring is 1. The molecule has 1 fully saturated rings. The minimum atomic E-state index is -0.944. The number of hydrogen-bond acceptors (Lipinski definition) is 4. The second kappa shape index (κ2) is 5.71. The second-order valence-electron chi connectivity index (χ2n) is 4.45. The average molecular weight is 264 g/mol. The van der Waals surface area contributed by atoms with Crippen LogP contribution < -0.4 is 5.73 Å². The third-order valence-corrected chi connectivity index (χ3v) is 3.03. The van der Waals surface area contributed by atoms with Gasteiger partial charge in [-0.1, -0.05) is 6.07 Å². The second-order valence-corrected chi connectivity index (χ2v) is 4.45. The number of carbonyl (C=O) groups excluding carboxylic acids is 1. The molecule has 1 aliphatic rings. The highest BCUT2D eigenvalue weighted by atomic mass is 16.5. The zero-order valence-corrected chi connectivity index (χ0v) is 10.4. The van der Waals surface area contributed by atoms with Gasteiger partial charge in [0.15, 0.2) is 0 Å². The van der Waals surface area contributed by atoms with E-state index in [1.807, 2.05) is 0 Å². The van der Waals surface area contributed by atoms with Crippen molar-refractivity contribution in [1.29, 1.82) is 0 Å². The molecule has 3 N–H and O–H groups in total. The van der Waals surface area contributed by atoms with Crippen LogP contribution in [-0.2, 0) is 9.53 Å². The van der Waals surface area contributed by atoms with Crippen molar-refractivity contribution in [3.8, 4) is 0 Å². The van der Waals surface area contributed by atoms with Gasteiger partial charge in [-0.15, -0.1) is 0 Å². The van der Waals surface area contributed by atoms with Crippen molar-refractivity contribution in [3.05, 3.63) is 29.8 Å². The standard InChI is InChI=1S/C13H16N2O4/c14-10-3-1-2-9(6-10)13(18)15-4-5-19-8-11(15)7-12(16)17/h1-3,6,11H,4-5,7-8,14H2,(H,16,17). The van der Waals surface area contributed by atoms with E-state index < -0.39 is 12.0 Å². The van der Waals surface area contributed by atoms with Gasteiger partial charge in [0.05, 0.1) is 25.7 Å². The molecule has 0 saturated carbocycles. The molecule has 1 atom stereocenters. The largest absolute Gasteiger partial charge is 0.481 e. The summed E-state index contributed by atoms with van der Waals surface area (Å²) in [6.07, 6.45) is -0.117. The predicted molar refractivity (Wildman–Crippen MR) is 68.8 cm³/mol. The fraction of sp³-hybridized carbons (Fsp3) is 0.385. The van der Waals surface area contributed by atoms with Crippen LogP contribution in [0.3, 0.4) is 0 Å². The van der Waals surface area contributed by atoms with Crippen molar-refractivity contribution in [2.24, 2.45) is 0 Å². The van der Waals surface area contributed by atoms with Crippen LogP contribution in [0.2, 0.25) is 0 Å². The van der Waals surface area contributed by atoms with Gasteiger partial charge < -0.3 is 20.5 Å². The summed E-state index contributed by atoms with van der Waals surface area (Å²) >= 11 is 0. The number of hydrogen-bond donors (Lipinski definition) is 2. The molecule has 19 heavy (non-hydrogen) atoms. The molecule has 1 aromatic rings. The smallest absolute Gasteiger partial charge is 0.305 e. The molecule has 6 heteroatoms. The summed E-state index contributed by atoms with van der Waals surface area (Å²) in [5.41, 5.74) is 6.63. The Morgan fingerprint density at radius 3 is 2.95 bits per heavy atom. The lowest BCUT2D eigenvalue weighted by Gasteiger charge is -2.34. The summed E-state index contributed by atoms with van der Waals surface area (Å²) in [4.78, 5) is 24.7. The molecule has 0 spiro atoms. The summed E-state index contributed by atoms with van der Waals surface area (Å²) in [6, 6.07) is 6.24. The molecule has 0 bridgehead atoms. The van der Waals surface area contributed by atoms with Crippen molar-refractivity contribution in [1.82, 2.24) is 4.90 Å². The molecular weight excluding hydrogens is 248 g/mol. The van der Waals surface area contributed by atoms with E-state index in [0.29, 0.717) is 24.4 Å². The highest BCUT2D eigenvalue weighted by molar-refractivity contribution is 5.95. The van der Waals surface area contributed by atoms with Crippen molar-refractivity contribution in [3.63, 3.8) is 0 Å². The van der Waals surface area contributed by atoms with E-state index in [0.717, 1.165) is 0 Å². The Morgan fingerprint density at radius 2 is 2.26 bits per heavy atom. The Morgan fingerprint density at radius 1 is 1.47 bits per heavy atom. The number of carbonyl (C=O) groups is 2. The Balaban J connectivity index is 2.17. The molecule has 1 saturated heterocycles. The number of anilines is 1. The summed E-state index contributed by atoms with van der Waals surface area (Å²) in [6.45, 7) is 1.07. The van der Waals surface area contributed by atoms with Gasteiger partial charge in [0, 0.05) is 17.8 Å². The first-order valence-corrected chi connectivity index (χ1v) is 6.04. The molecule has 102 valence electrons. The Bertz CT molecular complexity index is 489. The predicted octanol–water partition coefficient (Wildman–Crippen LogP) is 0.584. The maximum Gasteiger partial charge on any atom is 0.305 e. The maximum atomic E-state index is 12.4. The highest BCUT2D eigenvalue weighted by Crippen LogP contribution is 2.16. The third kappa shape index (κ3) is 3.23. The number of nitrogens with two attached hydrogens (primary N) is 1. The van der Waals surface area contributed by atoms with E-state index in [1.54, 1.807) is 29.2 Å². The minimum Gasteiger partial charge on any atom is -0.481 e. The summed E-state index contributed by atoms with van der Waals surface area (Å²) in [5.74, 6) is -1.15. The molecule has 0 aliphatic carbocycles. The van der Waals surface area contributed by atoms with Gasteiger partial charge in [0.1, 0.15) is 0 Å². The number of carboxylic acid groups (broad SMARTS) is 1. The zero-order valence-electron chi connectivity index (χ0n) is 10.4. The summed E-state index contributed by atoms with van der Waals surface area (Å²) in [5, 5.41) is 8.87. The van der Waals surface area contributed by atoms with Gasteiger partial charge in [-0.05, 0) is 18.2 Å². The third-order valence-electron chi connectivity index (χ3n) is 3.03. The van der Waals surface area contributed by atoms with Crippen LogP contribution in [0.4, 0.5) is 5.69 Å². The summed E-state index contributed by atoms with van der Waals surface area (Å²) < 4.78 is 5.24. The lowest BCUT2D eigenvalue weighted by molar-refractivity contribution is -0.139. The van der Waals surface area contributed by atoms with Crippen LogP contribution in [0.1, 0.15) is 16.8 Å². The van der Waals surface area contributed by atoms with Crippen LogP contribution in [-0.4, -0.2) is 47.7 Å². The van der Waals surface area contributed by atoms with Gasteiger partial charge in [-0.2, -0.15) is 0 Å². The first-order chi connectivity index (χ1) is 9.08. The minimum absolute atomic E-state index is 0.117. The van der Waals surface area contributed by atoms with E-state index in [1.165, 1.54) is 0 Å². The SMILES string of the molecule is Nc1cccc(C(=O)N2CCOCC2CC(=O)O)c1. The number of rotatable bonds is 3. The molecule has 1 amide bonds. The highest BCUT2D eigenvalue weighted by Gasteiger charge is 2.29. The fourth-order valence-corrected chi connectivity index (χ4v) is 2.13. The molecule has 1 aliphatic heterocycles. The number of benzene rings is 1. The van der Waals surface area contributed by atoms with Crippen molar-refractivity contribution in [2.75, 3.05) is 25.5 Å². The molecule has 1 heterocycles. The molecule has 0 aromatic heterocycles. The monoisotopic (exact) mass is 264 g/mol. The molecule has 6 nitrogen and oxygen atoms in total. The first-order valence-electron chi connectivity index (χ1n) is 6.04. The van der Waals surface area contributed by atoms with E-state index in [-0.39, 0.29) is 18.9 Å². The first kappa shape index (κ1) is 13.4. The lowest BCUT2D eigenvalue weighted by atomic mass is 10.1. The number of morpholine rings is 1. The number of carboxylic acids is 1. The summed E-state index contributed by atoms with van der Waals surface area (Å²) in [7, 11) is 0. The van der Waals surface area contributed by atoms with Crippen molar-refractivity contribution >= 4 is 17.6 Å². The van der Waals surface area contributed by atoms with E-state index in [2.05, 4.69) is 0 Å². The molecule has 1 aromatic carbocycles. The molecule has 0 radical (unpaired) electrons. The zero-order chi connectivity index (χ0) is 13.8. The average Bonchev–Trinajstić information content (AvgIpc) is 2.38. The van der Waals surface area contributed by atoms with Gasteiger partial charge in [-0.3, -0.25) is 9.59 Å². The number of ether oxygens (including phenoxy) is 1. The van der Waals surface area contributed by atoms with Crippen LogP contribution in [0.5, 0.6) is 0 Å². The fourth-order valence-electron chi connectivity index (χ4n) is 2.13. The molecule has 2 rings (SSSR count). The van der Waals surface area contributed by atoms with Gasteiger partial charge in [0.2, 0.25) is 0 Å². The number of amides is 1. The van der Waals surface area contributed by atoms with Crippen LogP contribution in [0.25, 0.3) is 0 Å². The maximum absolute atomic E-state index is 12.4. The van der Waals surface area contributed by atoms with E-state index >= 15 is 0 Å². The van der Waals surface area contributed by atoms with Crippen molar-refractivity contribution in [2.45, 2.75) is 12.5 Å². The Hall–Kier alpha value is -2.08. The molecule has 1 unspecified atom stereocenters. The van der Waals surface area contributed by atoms with E-state index in [9.17, 15) is 9.59 Å². The van der Waals surface area contributed by atoms with Gasteiger partial charge in [0.25, 0.3) is 5.91 Å². The van der Waals surface area contributed by atoms with Gasteiger partial charge >= 0.3 is 5.97 Å². The van der Waals surface area contributed by atoms with Crippen LogP contribution in [0, 0.1) is 0 Å². The topological polar surface area (TPSA) is 92.9 Å². The quantitative estimate of drug-likeness (QED) is 0.779. The normalized spacial score (nSPS) is 19.2. The Kier molecular flexibility index (Phi) is 4.01. The van der Waals surface area contributed by atoms with Gasteiger partial charge in [-0.25, -0.2) is 0 Å². The lowest BCUT2D eigenvalue weighted by Crippen LogP contribution is -2.49. The van der Waals surface area contributed by atoms with Crippen LogP contribution in [0.15, 0.2) is 24.3 Å². The number of aliphatic carboxylic acids is 1. The Labute approximate surface area is 110 Å². The van der Waals surface area contributed by atoms with Crippen LogP contribution >= 0.6 is 0 Å². The molecular formula is C13H16N2O4. The number of nitrogens with zero attached hydrogens (tertiary/aromatic N) is 1. The van der Waals surface area contributed by atoms with E-state index in [4.69, 9.17) is 15.6 Å². The van der Waals surface area contributed by atoms with Crippen molar-refractivity contribution < 1.29 is 19.4 Å².